The van der Waals surface area contributed by atoms with Gasteiger partial charge in [-0.1, -0.05) is 22.0 Å². The molecule has 0 radical (unpaired) electrons. The summed E-state index contributed by atoms with van der Waals surface area (Å²) in [5.74, 6) is 3.02. The zero-order valence-corrected chi connectivity index (χ0v) is 13.5. The van der Waals surface area contributed by atoms with Gasteiger partial charge >= 0.3 is 6.09 Å². The molecule has 21 heavy (non-hydrogen) atoms. The van der Waals surface area contributed by atoms with Crippen LogP contribution in [-0.4, -0.2) is 12.2 Å². The first-order chi connectivity index (χ1) is 10.2. The number of hydrogen-bond acceptors (Lipinski definition) is 2. The van der Waals surface area contributed by atoms with E-state index in [2.05, 4.69) is 21.2 Å². The van der Waals surface area contributed by atoms with Crippen molar-refractivity contribution < 1.29 is 9.53 Å². The quantitative estimate of drug-likeness (QED) is 0.830. The average Bonchev–Trinajstić information content (AvgIpc) is 2.42. The number of benzene rings is 1. The van der Waals surface area contributed by atoms with Gasteiger partial charge in [-0.2, -0.15) is 0 Å². The maximum absolute atomic E-state index is 12.2. The van der Waals surface area contributed by atoms with Gasteiger partial charge in [0.1, 0.15) is 6.10 Å². The fraction of sp³-hybridized carbons (Fsp3) is 0.588. The minimum Gasteiger partial charge on any atom is -0.445 e. The third-order valence-electron chi connectivity index (χ3n) is 5.45. The molecule has 4 heteroatoms. The van der Waals surface area contributed by atoms with Crippen LogP contribution in [0.15, 0.2) is 28.7 Å². The largest absolute Gasteiger partial charge is 0.445 e. The van der Waals surface area contributed by atoms with Crippen LogP contribution in [0.3, 0.4) is 0 Å². The van der Waals surface area contributed by atoms with Gasteiger partial charge in [-0.05, 0) is 74.0 Å². The molecule has 4 saturated carbocycles. The Kier molecular flexibility index (Phi) is 3.44. The van der Waals surface area contributed by atoms with Crippen LogP contribution in [0.25, 0.3) is 0 Å². The lowest BCUT2D eigenvalue weighted by Gasteiger charge is -2.53. The maximum atomic E-state index is 12.2. The van der Waals surface area contributed by atoms with Crippen molar-refractivity contribution in [2.24, 2.45) is 23.7 Å². The van der Waals surface area contributed by atoms with Gasteiger partial charge in [-0.15, -0.1) is 0 Å². The van der Waals surface area contributed by atoms with E-state index in [1.54, 1.807) is 0 Å². The van der Waals surface area contributed by atoms with Crippen molar-refractivity contribution in [1.29, 1.82) is 0 Å². The molecule has 0 spiro atoms. The zero-order chi connectivity index (χ0) is 14.4. The van der Waals surface area contributed by atoms with E-state index in [4.69, 9.17) is 4.74 Å². The van der Waals surface area contributed by atoms with E-state index >= 15 is 0 Å². The van der Waals surface area contributed by atoms with Gasteiger partial charge in [-0.3, -0.25) is 5.32 Å². The molecule has 4 fully saturated rings. The molecule has 4 aliphatic rings. The average molecular weight is 350 g/mol. The number of hydrogen-bond donors (Lipinski definition) is 1. The Balaban J connectivity index is 1.41. The molecular formula is C17H20BrNO2. The molecule has 0 aromatic heterocycles. The normalized spacial score (nSPS) is 36.5. The summed E-state index contributed by atoms with van der Waals surface area (Å²) in [7, 11) is 0. The number of ether oxygens (including phenoxy) is 1. The first-order valence-electron chi connectivity index (χ1n) is 7.90. The highest BCUT2D eigenvalue weighted by Gasteiger charge is 2.49. The van der Waals surface area contributed by atoms with Crippen LogP contribution in [0, 0.1) is 23.7 Å². The molecule has 0 atom stereocenters. The predicted octanol–water partition coefficient (Wildman–Crippen LogP) is 4.82. The van der Waals surface area contributed by atoms with Crippen molar-refractivity contribution in [3.63, 3.8) is 0 Å². The van der Waals surface area contributed by atoms with E-state index in [1.807, 2.05) is 24.3 Å². The van der Waals surface area contributed by atoms with Crippen molar-refractivity contribution >= 4 is 27.7 Å². The summed E-state index contributed by atoms with van der Waals surface area (Å²) in [5.41, 5.74) is 0.776. The van der Waals surface area contributed by atoms with Crippen molar-refractivity contribution in [1.82, 2.24) is 0 Å². The van der Waals surface area contributed by atoms with Crippen molar-refractivity contribution in [3.8, 4) is 0 Å². The van der Waals surface area contributed by atoms with Crippen LogP contribution in [0.5, 0.6) is 0 Å². The molecule has 1 aromatic carbocycles. The molecule has 0 aliphatic heterocycles. The molecule has 1 aromatic rings. The van der Waals surface area contributed by atoms with Gasteiger partial charge in [0.15, 0.2) is 0 Å². The smallest absolute Gasteiger partial charge is 0.411 e. The molecule has 1 amide bonds. The number of halogens is 1. The molecule has 0 heterocycles. The molecule has 1 N–H and O–H groups in total. The monoisotopic (exact) mass is 349 g/mol. The second kappa shape index (κ2) is 5.31. The second-order valence-corrected chi connectivity index (χ2v) is 7.85. The number of amides is 1. The highest BCUT2D eigenvalue weighted by atomic mass is 79.9. The summed E-state index contributed by atoms with van der Waals surface area (Å²) in [6.07, 6.45) is 6.33. The maximum Gasteiger partial charge on any atom is 0.411 e. The van der Waals surface area contributed by atoms with E-state index in [-0.39, 0.29) is 12.2 Å². The fourth-order valence-corrected chi connectivity index (χ4v) is 5.30. The Morgan fingerprint density at radius 1 is 1.10 bits per heavy atom. The van der Waals surface area contributed by atoms with Gasteiger partial charge in [0, 0.05) is 10.2 Å². The molecule has 112 valence electrons. The second-order valence-electron chi connectivity index (χ2n) is 6.94. The summed E-state index contributed by atoms with van der Waals surface area (Å²) in [5, 5.41) is 2.85. The van der Waals surface area contributed by atoms with Crippen LogP contribution in [-0.2, 0) is 4.74 Å². The Hall–Kier alpha value is -1.03. The molecule has 0 saturated heterocycles. The van der Waals surface area contributed by atoms with Crippen LogP contribution in [0.1, 0.15) is 32.1 Å². The molecular weight excluding hydrogens is 330 g/mol. The number of carbonyl (C=O) groups is 1. The number of nitrogens with one attached hydrogen (secondary N) is 1. The number of anilines is 1. The highest BCUT2D eigenvalue weighted by Crippen LogP contribution is 2.54. The SMILES string of the molecule is O=C(Nc1cccc(Br)c1)OC1C2CC3CC(C2)CC1C3. The lowest BCUT2D eigenvalue weighted by atomic mass is 9.55. The van der Waals surface area contributed by atoms with Crippen LogP contribution >= 0.6 is 15.9 Å². The summed E-state index contributed by atoms with van der Waals surface area (Å²) in [6.45, 7) is 0. The Morgan fingerprint density at radius 2 is 1.76 bits per heavy atom. The summed E-state index contributed by atoms with van der Waals surface area (Å²) >= 11 is 3.41. The molecule has 5 rings (SSSR count). The lowest BCUT2D eigenvalue weighted by molar-refractivity contribution is -0.0933. The van der Waals surface area contributed by atoms with Gasteiger partial charge in [0.25, 0.3) is 0 Å². The van der Waals surface area contributed by atoms with E-state index in [0.717, 1.165) is 22.0 Å². The van der Waals surface area contributed by atoms with Crippen molar-refractivity contribution in [2.75, 3.05) is 5.32 Å². The summed E-state index contributed by atoms with van der Waals surface area (Å²) in [4.78, 5) is 12.2. The first-order valence-corrected chi connectivity index (χ1v) is 8.70. The predicted molar refractivity (Wildman–Crippen MR) is 85.1 cm³/mol. The summed E-state index contributed by atoms with van der Waals surface area (Å²) in [6, 6.07) is 7.61. The number of carbonyl (C=O) groups excluding carboxylic acids is 1. The van der Waals surface area contributed by atoms with Crippen LogP contribution < -0.4 is 5.32 Å². The van der Waals surface area contributed by atoms with Crippen LogP contribution in [0.4, 0.5) is 10.5 Å². The van der Waals surface area contributed by atoms with Crippen LogP contribution in [0.2, 0.25) is 0 Å². The Morgan fingerprint density at radius 3 is 2.38 bits per heavy atom. The van der Waals surface area contributed by atoms with E-state index in [0.29, 0.717) is 11.8 Å². The van der Waals surface area contributed by atoms with E-state index < -0.39 is 0 Å². The Labute approximate surface area is 133 Å². The van der Waals surface area contributed by atoms with Gasteiger partial charge in [0.2, 0.25) is 0 Å². The molecule has 0 unspecified atom stereocenters. The van der Waals surface area contributed by atoms with Gasteiger partial charge in [-0.25, -0.2) is 4.79 Å². The van der Waals surface area contributed by atoms with Gasteiger partial charge < -0.3 is 4.74 Å². The topological polar surface area (TPSA) is 38.3 Å². The highest BCUT2D eigenvalue weighted by molar-refractivity contribution is 9.10. The van der Waals surface area contributed by atoms with Gasteiger partial charge in [0.05, 0.1) is 0 Å². The lowest BCUT2D eigenvalue weighted by Crippen LogP contribution is -2.50. The molecule has 4 aliphatic carbocycles. The third-order valence-corrected chi connectivity index (χ3v) is 5.95. The van der Waals surface area contributed by atoms with Crippen molar-refractivity contribution in [3.05, 3.63) is 28.7 Å². The third kappa shape index (κ3) is 2.70. The fourth-order valence-electron chi connectivity index (χ4n) is 4.90. The zero-order valence-electron chi connectivity index (χ0n) is 11.9. The van der Waals surface area contributed by atoms with Crippen molar-refractivity contribution in [2.45, 2.75) is 38.2 Å². The molecule has 4 bridgehead atoms. The van der Waals surface area contributed by atoms with E-state index in [1.165, 1.54) is 32.1 Å². The Bertz CT molecular complexity index is 531. The minimum absolute atomic E-state index is 0.143. The number of rotatable bonds is 2. The summed E-state index contributed by atoms with van der Waals surface area (Å²) < 4.78 is 6.76. The first kappa shape index (κ1) is 13.6. The standard InChI is InChI=1S/C17H20BrNO2/c18-14-2-1-3-15(9-14)19-17(20)21-16-12-5-10-4-11(7-12)8-13(16)6-10/h1-3,9-13,16H,4-8H2,(H,19,20). The molecule has 3 nitrogen and oxygen atoms in total. The van der Waals surface area contributed by atoms with E-state index in [9.17, 15) is 4.79 Å². The minimum atomic E-state index is -0.300.